The molecule has 0 radical (unpaired) electrons. The molecule has 1 aliphatic rings. The third-order valence-corrected chi connectivity index (χ3v) is 6.32. The number of halogens is 2. The Kier molecular flexibility index (Phi) is 7.37. The van der Waals surface area contributed by atoms with Gasteiger partial charge in [0.25, 0.3) is 11.8 Å². The maximum Gasteiger partial charge on any atom is 0.291 e. The lowest BCUT2D eigenvalue weighted by atomic mass is 10.1. The average molecular weight is 516 g/mol. The second-order valence-electron chi connectivity index (χ2n) is 8.20. The summed E-state index contributed by atoms with van der Waals surface area (Å²) in [5, 5.41) is 7.80. The fourth-order valence-corrected chi connectivity index (χ4v) is 4.18. The Morgan fingerprint density at radius 3 is 2.66 bits per heavy atom. The minimum atomic E-state index is -0.939. The molecule has 2 aromatic carbocycles. The lowest BCUT2D eigenvalue weighted by molar-refractivity contribution is -0.120. The molecule has 0 spiro atoms. The number of likely N-dealkylation sites (N-methyl/N-ethyl adjacent to an activating group) is 1. The molecule has 11 heteroatoms. The van der Waals surface area contributed by atoms with E-state index in [1.807, 2.05) is 12.1 Å². The number of amides is 2. The molecule has 1 N–H and O–H groups in total. The number of rotatable bonds is 7. The van der Waals surface area contributed by atoms with Gasteiger partial charge >= 0.3 is 0 Å². The van der Waals surface area contributed by atoms with Crippen molar-refractivity contribution in [3.8, 4) is 5.75 Å². The quantitative estimate of drug-likeness (QED) is 0.517. The summed E-state index contributed by atoms with van der Waals surface area (Å²) in [4.78, 5) is 42.7. The number of carbonyl (C=O) groups is 3. The van der Waals surface area contributed by atoms with E-state index in [2.05, 4.69) is 15.4 Å². The molecule has 9 nitrogen and oxygen atoms in total. The fraction of sp³-hybridized carbons (Fsp3) is 0.292. The second kappa shape index (κ2) is 10.5. The predicted molar refractivity (Wildman–Crippen MR) is 131 cm³/mol. The summed E-state index contributed by atoms with van der Waals surface area (Å²) >= 11 is 12.4. The highest BCUT2D eigenvalue weighted by Crippen LogP contribution is 2.32. The Bertz CT molecular complexity index is 1270. The van der Waals surface area contributed by atoms with Crippen LogP contribution in [0, 0.1) is 0 Å². The van der Waals surface area contributed by atoms with E-state index in [0.717, 1.165) is 5.56 Å². The summed E-state index contributed by atoms with van der Waals surface area (Å²) < 4.78 is 7.25. The molecule has 2 heterocycles. The van der Waals surface area contributed by atoms with Crippen molar-refractivity contribution in [3.05, 3.63) is 69.7 Å². The van der Waals surface area contributed by atoms with Crippen LogP contribution in [0.4, 0.5) is 5.69 Å². The smallest absolute Gasteiger partial charge is 0.291 e. The molecule has 182 valence electrons. The molecule has 4 rings (SSSR count). The number of Topliss-reactive ketones (excluding diaryl/α,β-unsaturated/α-hetero) is 1. The SMILES string of the molecule is CC(=O)CCc1ccc2c(c1)N(C)C(=O)[C@@H](NC(=O)c1ncn(Cc3c(Cl)cccc3Cl)n1)CO2. The Hall–Kier alpha value is -3.43. The van der Waals surface area contributed by atoms with Gasteiger partial charge < -0.3 is 19.7 Å². The van der Waals surface area contributed by atoms with Crippen LogP contribution in [0.5, 0.6) is 5.75 Å². The number of carbonyl (C=O) groups excluding carboxylic acids is 3. The maximum atomic E-state index is 13.1. The van der Waals surface area contributed by atoms with Crippen LogP contribution in [0.2, 0.25) is 10.0 Å². The number of nitrogens with zero attached hydrogens (tertiary/aromatic N) is 4. The summed E-state index contributed by atoms with van der Waals surface area (Å²) in [6, 6.07) is 9.68. The summed E-state index contributed by atoms with van der Waals surface area (Å²) in [5.41, 5.74) is 2.15. The number of nitrogens with one attached hydrogen (secondary N) is 1. The first-order valence-electron chi connectivity index (χ1n) is 10.9. The van der Waals surface area contributed by atoms with E-state index >= 15 is 0 Å². The molecule has 0 aliphatic carbocycles. The van der Waals surface area contributed by atoms with Crippen molar-refractivity contribution in [2.45, 2.75) is 32.4 Å². The number of benzene rings is 2. The van der Waals surface area contributed by atoms with Gasteiger partial charge in [0.1, 0.15) is 30.5 Å². The first-order valence-corrected chi connectivity index (χ1v) is 11.6. The topological polar surface area (TPSA) is 106 Å². The molecule has 0 saturated carbocycles. The van der Waals surface area contributed by atoms with Crippen molar-refractivity contribution in [2.75, 3.05) is 18.6 Å². The number of ether oxygens (including phenoxy) is 1. The number of anilines is 1. The van der Waals surface area contributed by atoms with Gasteiger partial charge in [0, 0.05) is 29.1 Å². The molecule has 0 saturated heterocycles. The highest BCUT2D eigenvalue weighted by Gasteiger charge is 2.31. The Morgan fingerprint density at radius 2 is 1.94 bits per heavy atom. The summed E-state index contributed by atoms with van der Waals surface area (Å²) in [5.74, 6) is -0.449. The number of aromatic nitrogens is 3. The summed E-state index contributed by atoms with van der Waals surface area (Å²) in [6.45, 7) is 1.72. The van der Waals surface area contributed by atoms with E-state index in [4.69, 9.17) is 27.9 Å². The zero-order valence-corrected chi connectivity index (χ0v) is 20.6. The van der Waals surface area contributed by atoms with E-state index in [0.29, 0.717) is 39.9 Å². The molecule has 0 bridgehead atoms. The minimum absolute atomic E-state index is 0.0509. The molecule has 35 heavy (non-hydrogen) atoms. The van der Waals surface area contributed by atoms with Gasteiger partial charge in [-0.05, 0) is 43.2 Å². The van der Waals surface area contributed by atoms with Gasteiger partial charge in [0.05, 0.1) is 12.2 Å². The van der Waals surface area contributed by atoms with E-state index in [-0.39, 0.29) is 30.7 Å². The lowest BCUT2D eigenvalue weighted by Gasteiger charge is -2.20. The molecule has 1 atom stereocenters. The third kappa shape index (κ3) is 5.63. The first kappa shape index (κ1) is 24.7. The summed E-state index contributed by atoms with van der Waals surface area (Å²) in [7, 11) is 1.62. The maximum absolute atomic E-state index is 13.1. The highest BCUT2D eigenvalue weighted by atomic mass is 35.5. The lowest BCUT2D eigenvalue weighted by Crippen LogP contribution is -2.49. The van der Waals surface area contributed by atoms with E-state index in [1.54, 1.807) is 38.2 Å². The Labute approximate surface area is 212 Å². The van der Waals surface area contributed by atoms with Gasteiger partial charge in [-0.3, -0.25) is 9.59 Å². The van der Waals surface area contributed by atoms with Crippen LogP contribution in [0.1, 0.15) is 35.1 Å². The number of fused-ring (bicyclic) bond motifs is 1. The van der Waals surface area contributed by atoms with Crippen LogP contribution in [0.15, 0.2) is 42.7 Å². The minimum Gasteiger partial charge on any atom is -0.489 e. The zero-order chi connectivity index (χ0) is 25.1. The second-order valence-corrected chi connectivity index (χ2v) is 9.02. The number of aryl methyl sites for hydroxylation is 1. The molecular weight excluding hydrogens is 493 g/mol. The van der Waals surface area contributed by atoms with Crippen molar-refractivity contribution < 1.29 is 19.1 Å². The average Bonchev–Trinajstić information content (AvgIpc) is 3.27. The van der Waals surface area contributed by atoms with E-state index < -0.39 is 11.9 Å². The molecule has 1 aliphatic heterocycles. The Balaban J connectivity index is 1.44. The molecule has 1 aromatic heterocycles. The monoisotopic (exact) mass is 515 g/mol. The van der Waals surface area contributed by atoms with Crippen LogP contribution in [0.3, 0.4) is 0 Å². The van der Waals surface area contributed by atoms with Crippen LogP contribution >= 0.6 is 23.2 Å². The van der Waals surface area contributed by atoms with Crippen LogP contribution < -0.4 is 15.0 Å². The Morgan fingerprint density at radius 1 is 1.20 bits per heavy atom. The van der Waals surface area contributed by atoms with Crippen LogP contribution in [0.25, 0.3) is 0 Å². The fourth-order valence-electron chi connectivity index (χ4n) is 3.67. The largest absolute Gasteiger partial charge is 0.489 e. The van der Waals surface area contributed by atoms with E-state index in [1.165, 1.54) is 15.9 Å². The van der Waals surface area contributed by atoms with Crippen molar-refractivity contribution in [3.63, 3.8) is 0 Å². The van der Waals surface area contributed by atoms with Gasteiger partial charge in [-0.2, -0.15) is 0 Å². The van der Waals surface area contributed by atoms with Crippen LogP contribution in [-0.4, -0.2) is 52.1 Å². The molecule has 2 amide bonds. The molecule has 0 unspecified atom stereocenters. The van der Waals surface area contributed by atoms with Gasteiger partial charge in [-0.25, -0.2) is 9.67 Å². The normalized spacial score (nSPS) is 15.3. The molecule has 0 fully saturated rings. The van der Waals surface area contributed by atoms with Gasteiger partial charge in [-0.1, -0.05) is 35.3 Å². The van der Waals surface area contributed by atoms with Crippen LogP contribution in [-0.2, 0) is 22.6 Å². The van der Waals surface area contributed by atoms with Gasteiger partial charge in [0.2, 0.25) is 5.82 Å². The van der Waals surface area contributed by atoms with Crippen molar-refractivity contribution in [1.82, 2.24) is 20.1 Å². The number of hydrogen-bond acceptors (Lipinski definition) is 6. The number of ketones is 1. The predicted octanol–water partition coefficient (Wildman–Crippen LogP) is 3.31. The van der Waals surface area contributed by atoms with E-state index in [9.17, 15) is 14.4 Å². The zero-order valence-electron chi connectivity index (χ0n) is 19.1. The highest BCUT2D eigenvalue weighted by molar-refractivity contribution is 6.36. The van der Waals surface area contributed by atoms with Crippen molar-refractivity contribution >= 4 is 46.5 Å². The standard InChI is InChI=1S/C24H23Cl2N5O4/c1-14(32)6-7-15-8-9-21-20(10-15)30(2)24(34)19(12-35-21)28-23(33)22-27-13-31(29-22)11-16-17(25)4-3-5-18(16)26/h3-5,8-10,13,19H,6-7,11-12H2,1-2H3,(H,28,33)/t19-/m0/s1. The van der Waals surface area contributed by atoms with Crippen molar-refractivity contribution in [2.24, 2.45) is 0 Å². The van der Waals surface area contributed by atoms with Gasteiger partial charge in [-0.15, -0.1) is 5.10 Å². The summed E-state index contributed by atoms with van der Waals surface area (Å²) in [6.07, 6.45) is 2.38. The first-order chi connectivity index (χ1) is 16.7. The van der Waals surface area contributed by atoms with Gasteiger partial charge in [0.15, 0.2) is 0 Å². The van der Waals surface area contributed by atoms with Crippen molar-refractivity contribution in [1.29, 1.82) is 0 Å². The third-order valence-electron chi connectivity index (χ3n) is 5.61. The molecule has 3 aromatic rings. The molecular formula is C24H23Cl2N5O4. The number of hydrogen-bond donors (Lipinski definition) is 1.